The predicted molar refractivity (Wildman–Crippen MR) is 82.6 cm³/mol. The van der Waals surface area contributed by atoms with Crippen LogP contribution < -0.4 is 5.32 Å². The smallest absolute Gasteiger partial charge is 0.302 e. The summed E-state index contributed by atoms with van der Waals surface area (Å²) in [4.78, 5) is 16.7. The maximum Gasteiger partial charge on any atom is 0.302 e. The molecule has 1 aliphatic carbocycles. The van der Waals surface area contributed by atoms with E-state index in [9.17, 15) is 9.35 Å². The minimum absolute atomic E-state index is 0.0777. The van der Waals surface area contributed by atoms with Crippen molar-refractivity contribution >= 4 is 28.4 Å². The van der Waals surface area contributed by atoms with Gasteiger partial charge in [-0.2, -0.15) is 4.98 Å². The lowest BCUT2D eigenvalue weighted by Crippen LogP contribution is -2.28. The summed E-state index contributed by atoms with van der Waals surface area (Å²) in [6.07, 6.45) is 9.18. The highest BCUT2D eigenvalue weighted by Crippen LogP contribution is 2.23. The molecule has 4 nitrogen and oxygen atoms in total. The first-order valence-electron chi connectivity index (χ1n) is 7.33. The third-order valence-electron chi connectivity index (χ3n) is 3.69. The Morgan fingerprint density at radius 2 is 2.15 bits per heavy atom. The fourth-order valence-corrected chi connectivity index (χ4v) is 4.46. The van der Waals surface area contributed by atoms with Gasteiger partial charge < -0.3 is 9.87 Å². The number of rotatable bonds is 5. The molecule has 20 heavy (non-hydrogen) atoms. The highest BCUT2D eigenvalue weighted by molar-refractivity contribution is 7.93. The third-order valence-corrected chi connectivity index (χ3v) is 6.31. The molecule has 0 spiro atoms. The van der Waals surface area contributed by atoms with Crippen molar-refractivity contribution in [3.63, 3.8) is 0 Å². The van der Waals surface area contributed by atoms with Crippen LogP contribution in [0.4, 0.5) is 0 Å². The van der Waals surface area contributed by atoms with Crippen LogP contribution >= 0.6 is 11.3 Å². The summed E-state index contributed by atoms with van der Waals surface area (Å²) >= 11 is 0.172. The van der Waals surface area contributed by atoms with E-state index in [2.05, 4.69) is 10.3 Å². The minimum atomic E-state index is -1.07. The summed E-state index contributed by atoms with van der Waals surface area (Å²) in [7, 11) is 0. The van der Waals surface area contributed by atoms with E-state index >= 15 is 0 Å². The molecule has 2 rings (SSSR count). The van der Waals surface area contributed by atoms with Crippen LogP contribution in [0.3, 0.4) is 0 Å². The van der Waals surface area contributed by atoms with Crippen molar-refractivity contribution < 1.29 is 9.35 Å². The average molecular weight is 314 g/mol. The molecule has 1 unspecified atom stereocenters. The molecule has 1 saturated carbocycles. The molecule has 6 heteroatoms. The Kier molecular flexibility index (Phi) is 6.32. The van der Waals surface area contributed by atoms with E-state index in [1.54, 1.807) is 0 Å². The number of hydrogen-bond donors (Lipinski definition) is 1. The lowest BCUT2D eigenvalue weighted by molar-refractivity contribution is 0.0949. The van der Waals surface area contributed by atoms with Crippen LogP contribution in [0, 0.1) is 5.92 Å². The van der Waals surface area contributed by atoms with Crippen molar-refractivity contribution in [2.45, 2.75) is 49.8 Å². The van der Waals surface area contributed by atoms with E-state index in [0.29, 0.717) is 20.9 Å². The largest absolute Gasteiger partial charge is 0.610 e. The fraction of sp³-hybridized carbons (Fsp3) is 0.714. The third kappa shape index (κ3) is 4.46. The quantitative estimate of drug-likeness (QED) is 0.671. The van der Waals surface area contributed by atoms with Gasteiger partial charge >= 0.3 is 4.34 Å². The second-order valence-electron chi connectivity index (χ2n) is 5.19. The van der Waals surface area contributed by atoms with Gasteiger partial charge in [-0.05, 0) is 25.7 Å². The number of thiazole rings is 1. The zero-order chi connectivity index (χ0) is 14.4. The van der Waals surface area contributed by atoms with Crippen molar-refractivity contribution in [1.82, 2.24) is 10.3 Å². The topological polar surface area (TPSA) is 65.0 Å². The van der Waals surface area contributed by atoms with Gasteiger partial charge in [0, 0.05) is 17.7 Å². The molecule has 0 radical (unpaired) electrons. The number of nitrogens with zero attached hydrogens (tertiary/aromatic N) is 1. The van der Waals surface area contributed by atoms with Gasteiger partial charge in [-0.1, -0.05) is 37.0 Å². The SMILES string of the molecule is CC[S+]([O-])c1ncc(C(=O)NCC2CCCCCC2)s1. The summed E-state index contributed by atoms with van der Waals surface area (Å²) < 4.78 is 12.2. The second-order valence-corrected chi connectivity index (χ2v) is 8.14. The van der Waals surface area contributed by atoms with Crippen molar-refractivity contribution in [2.75, 3.05) is 12.3 Å². The molecular weight excluding hydrogens is 292 g/mol. The van der Waals surface area contributed by atoms with Gasteiger partial charge in [0.1, 0.15) is 10.6 Å². The molecule has 1 aliphatic rings. The maximum atomic E-state index is 12.1. The lowest BCUT2D eigenvalue weighted by atomic mass is 10.0. The molecule has 0 aliphatic heterocycles. The van der Waals surface area contributed by atoms with Crippen molar-refractivity contribution in [3.05, 3.63) is 11.1 Å². The maximum absolute atomic E-state index is 12.1. The van der Waals surface area contributed by atoms with Crippen molar-refractivity contribution in [2.24, 2.45) is 5.92 Å². The van der Waals surface area contributed by atoms with E-state index in [1.165, 1.54) is 56.1 Å². The number of nitrogens with one attached hydrogen (secondary N) is 1. The van der Waals surface area contributed by atoms with Crippen LogP contribution in [0.5, 0.6) is 0 Å². The van der Waals surface area contributed by atoms with Crippen LogP contribution in [0.25, 0.3) is 0 Å². The van der Waals surface area contributed by atoms with Gasteiger partial charge in [-0.3, -0.25) is 4.79 Å². The summed E-state index contributed by atoms with van der Waals surface area (Å²) in [5.74, 6) is 1.07. The Balaban J connectivity index is 1.83. The molecule has 1 atom stereocenters. The van der Waals surface area contributed by atoms with Crippen molar-refractivity contribution in [1.29, 1.82) is 0 Å². The molecule has 1 heterocycles. The monoisotopic (exact) mass is 314 g/mol. The van der Waals surface area contributed by atoms with Crippen LogP contribution in [0.1, 0.15) is 55.1 Å². The van der Waals surface area contributed by atoms with E-state index in [1.807, 2.05) is 6.92 Å². The fourth-order valence-electron chi connectivity index (χ4n) is 2.48. The number of aromatic nitrogens is 1. The molecule has 1 aromatic rings. The van der Waals surface area contributed by atoms with Crippen LogP contribution in [-0.2, 0) is 11.2 Å². The number of carbonyl (C=O) groups is 1. The zero-order valence-corrected chi connectivity index (χ0v) is 13.5. The van der Waals surface area contributed by atoms with Gasteiger partial charge in [0.2, 0.25) is 0 Å². The van der Waals surface area contributed by atoms with E-state index < -0.39 is 11.2 Å². The molecule has 0 bridgehead atoms. The molecule has 1 amide bonds. The number of hydrogen-bond acceptors (Lipinski definition) is 4. The number of amides is 1. The summed E-state index contributed by atoms with van der Waals surface area (Å²) in [6, 6.07) is 0. The van der Waals surface area contributed by atoms with Gasteiger partial charge in [-0.25, -0.2) is 0 Å². The first kappa shape index (κ1) is 15.8. The lowest BCUT2D eigenvalue weighted by Gasteiger charge is -2.14. The van der Waals surface area contributed by atoms with E-state index in [-0.39, 0.29) is 5.91 Å². The van der Waals surface area contributed by atoms with Gasteiger partial charge in [0.05, 0.1) is 6.20 Å². The second kappa shape index (κ2) is 8.00. The molecule has 1 fully saturated rings. The van der Waals surface area contributed by atoms with Crippen LogP contribution in [0.2, 0.25) is 0 Å². The molecule has 0 aromatic carbocycles. The highest BCUT2D eigenvalue weighted by atomic mass is 32.2. The van der Waals surface area contributed by atoms with Gasteiger partial charge in [-0.15, -0.1) is 0 Å². The van der Waals surface area contributed by atoms with E-state index in [0.717, 1.165) is 6.54 Å². The predicted octanol–water partition coefficient (Wildman–Crippen LogP) is 2.97. The first-order valence-corrected chi connectivity index (χ1v) is 9.46. The summed E-state index contributed by atoms with van der Waals surface area (Å²) in [5.41, 5.74) is 0. The van der Waals surface area contributed by atoms with Crippen molar-refractivity contribution in [3.8, 4) is 0 Å². The Morgan fingerprint density at radius 3 is 2.80 bits per heavy atom. The Hall–Kier alpha value is -0.590. The Bertz CT molecular complexity index is 429. The Morgan fingerprint density at radius 1 is 1.45 bits per heavy atom. The highest BCUT2D eigenvalue weighted by Gasteiger charge is 2.19. The van der Waals surface area contributed by atoms with Gasteiger partial charge in [0.15, 0.2) is 0 Å². The summed E-state index contributed by atoms with van der Waals surface area (Å²) in [5, 5.41) is 3.00. The van der Waals surface area contributed by atoms with Crippen LogP contribution in [-0.4, -0.2) is 27.7 Å². The molecule has 0 saturated heterocycles. The minimum Gasteiger partial charge on any atom is -0.610 e. The van der Waals surface area contributed by atoms with Crippen LogP contribution in [0.15, 0.2) is 10.5 Å². The first-order chi connectivity index (χ1) is 9.70. The normalized spacial score (nSPS) is 18.5. The molecule has 1 aromatic heterocycles. The molecule has 1 N–H and O–H groups in total. The molecular formula is C14H22N2O2S2. The zero-order valence-electron chi connectivity index (χ0n) is 11.9. The standard InChI is InChI=1S/C14H22N2O2S2/c1-2-20(18)14-16-10-12(19-14)13(17)15-9-11-7-5-3-4-6-8-11/h10-11H,2-9H2,1H3,(H,15,17). The number of carbonyl (C=O) groups excluding carboxylic acids is 1. The molecule has 112 valence electrons. The van der Waals surface area contributed by atoms with Gasteiger partial charge in [0.25, 0.3) is 5.91 Å². The Labute approximate surface area is 127 Å². The summed E-state index contributed by atoms with van der Waals surface area (Å²) in [6.45, 7) is 2.60. The average Bonchev–Trinajstić information content (AvgIpc) is 2.82. The van der Waals surface area contributed by atoms with E-state index in [4.69, 9.17) is 0 Å².